The lowest BCUT2D eigenvalue weighted by atomic mass is 9.74. The molecular weight excluding hydrogens is 368 g/mol. The number of aliphatic hydroxyl groups excluding tert-OH is 3. The number of carbonyl (C=O) groups excluding carboxylic acids is 2. The highest BCUT2D eigenvalue weighted by molar-refractivity contribution is 5.91. The molecule has 8 atom stereocenters. The van der Waals surface area contributed by atoms with Crippen molar-refractivity contribution in [3.8, 4) is 0 Å². The summed E-state index contributed by atoms with van der Waals surface area (Å²) in [5.41, 5.74) is -1.29. The molecule has 8 heteroatoms. The van der Waals surface area contributed by atoms with E-state index in [0.717, 1.165) is 0 Å². The van der Waals surface area contributed by atoms with Crippen LogP contribution in [0.5, 0.6) is 0 Å². The highest BCUT2D eigenvalue weighted by Crippen LogP contribution is 2.53. The number of allylic oxidation sites excluding steroid dienone is 1. The van der Waals surface area contributed by atoms with Crippen molar-refractivity contribution in [3.05, 3.63) is 35.5 Å². The summed E-state index contributed by atoms with van der Waals surface area (Å²) in [6.45, 7) is 7.66. The van der Waals surface area contributed by atoms with Crippen LogP contribution in [-0.4, -0.2) is 69.0 Å². The Labute approximate surface area is 162 Å². The van der Waals surface area contributed by atoms with Gasteiger partial charge < -0.3 is 29.9 Å². The fraction of sp³-hybridized carbons (Fsp3) is 0.600. The van der Waals surface area contributed by atoms with Gasteiger partial charge in [-0.3, -0.25) is 0 Å². The van der Waals surface area contributed by atoms with Crippen LogP contribution in [0.2, 0.25) is 0 Å². The summed E-state index contributed by atoms with van der Waals surface area (Å²) in [5, 5.41) is 43.1. The van der Waals surface area contributed by atoms with Crippen LogP contribution in [-0.2, 0) is 19.1 Å². The number of hydrogen-bond acceptors (Lipinski definition) is 8. The summed E-state index contributed by atoms with van der Waals surface area (Å²) >= 11 is 0. The number of fused-ring (bicyclic) bond motifs is 3. The predicted octanol–water partition coefficient (Wildman–Crippen LogP) is -0.387. The number of aliphatic hydroxyl groups is 4. The summed E-state index contributed by atoms with van der Waals surface area (Å²) in [5.74, 6) is -4.17. The average Bonchev–Trinajstić information content (AvgIpc) is 3.09. The molecular formula is C20H26O8. The van der Waals surface area contributed by atoms with Gasteiger partial charge in [-0.15, -0.1) is 0 Å². The molecule has 1 heterocycles. The van der Waals surface area contributed by atoms with Crippen LogP contribution in [0.15, 0.2) is 35.5 Å². The molecule has 0 aromatic carbocycles. The normalized spacial score (nSPS) is 43.0. The monoisotopic (exact) mass is 394 g/mol. The van der Waals surface area contributed by atoms with Crippen molar-refractivity contribution in [2.24, 2.45) is 17.8 Å². The molecule has 0 aromatic rings. The van der Waals surface area contributed by atoms with E-state index in [-0.39, 0.29) is 11.1 Å². The third-order valence-electron chi connectivity index (χ3n) is 6.32. The maximum absolute atomic E-state index is 12.4. The highest BCUT2D eigenvalue weighted by atomic mass is 16.6. The summed E-state index contributed by atoms with van der Waals surface area (Å²) in [7, 11) is 0. The zero-order valence-electron chi connectivity index (χ0n) is 16.0. The molecule has 1 saturated carbocycles. The molecule has 4 N–H and O–H groups in total. The van der Waals surface area contributed by atoms with Gasteiger partial charge in [0.25, 0.3) is 0 Å². The zero-order valence-corrected chi connectivity index (χ0v) is 16.0. The molecule has 0 aromatic heterocycles. The van der Waals surface area contributed by atoms with Crippen molar-refractivity contribution in [2.75, 3.05) is 6.61 Å². The lowest BCUT2D eigenvalue weighted by Crippen LogP contribution is -2.60. The van der Waals surface area contributed by atoms with Gasteiger partial charge >= 0.3 is 11.9 Å². The van der Waals surface area contributed by atoms with Crippen molar-refractivity contribution < 1.29 is 39.5 Å². The van der Waals surface area contributed by atoms with E-state index in [0.29, 0.717) is 5.57 Å². The first-order valence-electron chi connectivity index (χ1n) is 9.19. The second kappa shape index (κ2) is 7.11. The fourth-order valence-corrected chi connectivity index (χ4v) is 4.72. The van der Waals surface area contributed by atoms with Crippen LogP contribution in [0.1, 0.15) is 20.8 Å². The first-order chi connectivity index (χ1) is 13.1. The topological polar surface area (TPSA) is 134 Å². The zero-order chi connectivity index (χ0) is 21.0. The van der Waals surface area contributed by atoms with Crippen LogP contribution < -0.4 is 0 Å². The molecule has 0 radical (unpaired) electrons. The molecule has 3 rings (SSSR count). The molecule has 1 saturated heterocycles. The van der Waals surface area contributed by atoms with E-state index in [1.807, 2.05) is 0 Å². The van der Waals surface area contributed by atoms with Crippen molar-refractivity contribution in [1.82, 2.24) is 0 Å². The summed E-state index contributed by atoms with van der Waals surface area (Å²) in [4.78, 5) is 24.5. The van der Waals surface area contributed by atoms with Crippen LogP contribution in [0.25, 0.3) is 0 Å². The Morgan fingerprint density at radius 2 is 2.04 bits per heavy atom. The molecule has 0 spiro atoms. The van der Waals surface area contributed by atoms with Gasteiger partial charge in [0.1, 0.15) is 17.8 Å². The van der Waals surface area contributed by atoms with Crippen molar-refractivity contribution in [1.29, 1.82) is 0 Å². The number of hydrogen-bond donors (Lipinski definition) is 4. The largest absolute Gasteiger partial charge is 0.458 e. The van der Waals surface area contributed by atoms with Gasteiger partial charge in [0, 0.05) is 23.0 Å². The average molecular weight is 394 g/mol. The summed E-state index contributed by atoms with van der Waals surface area (Å²) in [6, 6.07) is 0. The van der Waals surface area contributed by atoms with Gasteiger partial charge in [-0.2, -0.15) is 0 Å². The Kier molecular flexibility index (Phi) is 5.26. The Hall–Kier alpha value is -2.00. The molecule has 154 valence electrons. The standard InChI is InChI=1S/C20H26O8/c1-5-8(2)18(24)28-17-15(23)13-10(4)19(25)27-16(13)12-9(3)6-11(22)14(12)20(17,26)7-21/h5-6,11-17,21-23,26H,4,7H2,1-3H3. The molecule has 1 aliphatic heterocycles. The van der Waals surface area contributed by atoms with Gasteiger partial charge in [-0.1, -0.05) is 24.3 Å². The van der Waals surface area contributed by atoms with Gasteiger partial charge in [0.15, 0.2) is 6.10 Å². The second-order valence-electron chi connectivity index (χ2n) is 7.81. The van der Waals surface area contributed by atoms with Crippen molar-refractivity contribution in [3.63, 3.8) is 0 Å². The smallest absolute Gasteiger partial charge is 0.334 e. The maximum Gasteiger partial charge on any atom is 0.334 e. The minimum atomic E-state index is -2.17. The Morgan fingerprint density at radius 3 is 2.61 bits per heavy atom. The third-order valence-corrected chi connectivity index (χ3v) is 6.32. The molecule has 28 heavy (non-hydrogen) atoms. The predicted molar refractivity (Wildman–Crippen MR) is 96.6 cm³/mol. The minimum absolute atomic E-state index is 0.00330. The molecule has 2 fully saturated rings. The fourth-order valence-electron chi connectivity index (χ4n) is 4.72. The summed E-state index contributed by atoms with van der Waals surface area (Å²) in [6.07, 6.45) is -2.26. The Bertz CT molecular complexity index is 768. The quantitative estimate of drug-likeness (QED) is 0.289. The van der Waals surface area contributed by atoms with Gasteiger partial charge in [-0.05, 0) is 20.8 Å². The molecule has 2 aliphatic carbocycles. The van der Waals surface area contributed by atoms with E-state index in [4.69, 9.17) is 9.47 Å². The highest BCUT2D eigenvalue weighted by Gasteiger charge is 2.66. The van der Waals surface area contributed by atoms with Gasteiger partial charge in [-0.25, -0.2) is 9.59 Å². The number of rotatable bonds is 3. The molecule has 3 aliphatic rings. The van der Waals surface area contributed by atoms with Crippen LogP contribution in [0, 0.1) is 17.8 Å². The van der Waals surface area contributed by atoms with Crippen molar-refractivity contribution >= 4 is 11.9 Å². The number of esters is 2. The van der Waals surface area contributed by atoms with E-state index in [1.165, 1.54) is 19.1 Å². The SMILES string of the molecule is C=C1C(=O)OC2C1C(O)C(OC(=O)C(C)=CC)C(O)(CO)C1C(O)C=C(C)C21. The van der Waals surface area contributed by atoms with Gasteiger partial charge in [0.05, 0.1) is 18.6 Å². The molecule has 8 unspecified atom stereocenters. The van der Waals surface area contributed by atoms with Gasteiger partial charge in [0.2, 0.25) is 0 Å². The lowest BCUT2D eigenvalue weighted by Gasteiger charge is -2.42. The Morgan fingerprint density at radius 1 is 1.39 bits per heavy atom. The van der Waals surface area contributed by atoms with Crippen molar-refractivity contribution in [2.45, 2.75) is 50.8 Å². The van der Waals surface area contributed by atoms with Crippen LogP contribution in [0.4, 0.5) is 0 Å². The van der Waals surface area contributed by atoms with Crippen LogP contribution in [0.3, 0.4) is 0 Å². The first-order valence-corrected chi connectivity index (χ1v) is 9.19. The number of carbonyl (C=O) groups is 2. The molecule has 0 amide bonds. The maximum atomic E-state index is 12.4. The third kappa shape index (κ3) is 2.83. The van der Waals surface area contributed by atoms with E-state index in [9.17, 15) is 30.0 Å². The minimum Gasteiger partial charge on any atom is -0.458 e. The first kappa shape index (κ1) is 20.7. The van der Waals surface area contributed by atoms with E-state index < -0.39 is 66.3 Å². The van der Waals surface area contributed by atoms with Crippen LogP contribution >= 0.6 is 0 Å². The Balaban J connectivity index is 2.14. The van der Waals surface area contributed by atoms with E-state index in [1.54, 1.807) is 13.8 Å². The molecule has 8 nitrogen and oxygen atoms in total. The number of ether oxygens (including phenoxy) is 2. The van der Waals surface area contributed by atoms with E-state index in [2.05, 4.69) is 6.58 Å². The van der Waals surface area contributed by atoms with E-state index >= 15 is 0 Å². The molecule has 0 bridgehead atoms. The lowest BCUT2D eigenvalue weighted by molar-refractivity contribution is -0.207. The second-order valence-corrected chi connectivity index (χ2v) is 7.81. The summed E-state index contributed by atoms with van der Waals surface area (Å²) < 4.78 is 10.8.